The summed E-state index contributed by atoms with van der Waals surface area (Å²) in [4.78, 5) is 10.9. The Balaban J connectivity index is 1.66. The van der Waals surface area contributed by atoms with Gasteiger partial charge in [-0.05, 0) is 74.2 Å². The average molecular weight is 373 g/mol. The van der Waals surface area contributed by atoms with Crippen LogP contribution in [0.2, 0.25) is 0 Å². The van der Waals surface area contributed by atoms with Crippen LogP contribution in [0.1, 0.15) is 42.4 Å². The third-order valence-electron chi connectivity index (χ3n) is 3.94. The lowest BCUT2D eigenvalue weighted by Gasteiger charge is -2.06. The highest BCUT2D eigenvalue weighted by Crippen LogP contribution is 2.13. The highest BCUT2D eigenvalue weighted by Gasteiger charge is 1.97. The van der Waals surface area contributed by atoms with Crippen LogP contribution in [-0.2, 0) is 9.53 Å². The van der Waals surface area contributed by atoms with Crippen LogP contribution in [0.3, 0.4) is 0 Å². The molecule has 28 heavy (non-hydrogen) atoms. The van der Waals surface area contributed by atoms with Gasteiger partial charge in [0.15, 0.2) is 0 Å². The Hall–Kier alpha value is -3.50. The fourth-order valence-corrected chi connectivity index (χ4v) is 2.39. The van der Waals surface area contributed by atoms with Gasteiger partial charge in [-0.2, -0.15) is 5.26 Å². The van der Waals surface area contributed by atoms with Crippen molar-refractivity contribution in [3.8, 4) is 23.7 Å². The van der Waals surface area contributed by atoms with E-state index < -0.39 is 0 Å². The number of benzene rings is 2. The van der Waals surface area contributed by atoms with Gasteiger partial charge >= 0.3 is 5.97 Å². The fourth-order valence-electron chi connectivity index (χ4n) is 2.39. The van der Waals surface area contributed by atoms with E-state index in [1.54, 1.807) is 12.1 Å². The van der Waals surface area contributed by atoms with E-state index in [9.17, 15) is 4.79 Å². The van der Waals surface area contributed by atoms with Crippen LogP contribution in [0.5, 0.6) is 5.75 Å². The zero-order chi connectivity index (χ0) is 20.0. The number of carbonyl (C=O) groups is 1. The Morgan fingerprint density at radius 3 is 1.96 bits per heavy atom. The molecule has 4 nitrogen and oxygen atoms in total. The topological polar surface area (TPSA) is 59.3 Å². The largest absolute Gasteiger partial charge is 0.494 e. The zero-order valence-corrected chi connectivity index (χ0v) is 15.8. The second kappa shape index (κ2) is 12.0. The first-order chi connectivity index (χ1) is 13.7. The van der Waals surface area contributed by atoms with Crippen molar-refractivity contribution >= 4 is 5.97 Å². The first-order valence-electron chi connectivity index (χ1n) is 9.25. The van der Waals surface area contributed by atoms with Crippen molar-refractivity contribution in [1.29, 1.82) is 5.26 Å². The van der Waals surface area contributed by atoms with Gasteiger partial charge in [-0.1, -0.05) is 18.4 Å². The molecule has 142 valence electrons. The van der Waals surface area contributed by atoms with Gasteiger partial charge in [0.1, 0.15) is 5.75 Å². The molecule has 0 heterocycles. The summed E-state index contributed by atoms with van der Waals surface area (Å²) in [6, 6.07) is 17.0. The Morgan fingerprint density at radius 1 is 0.857 bits per heavy atom. The van der Waals surface area contributed by atoms with Crippen LogP contribution in [0.15, 0.2) is 61.2 Å². The Bertz CT molecular complexity index is 865. The number of hydrogen-bond acceptors (Lipinski definition) is 4. The molecule has 0 aliphatic heterocycles. The van der Waals surface area contributed by atoms with Gasteiger partial charge in [0, 0.05) is 17.2 Å². The molecular formula is C24H23NO3. The minimum atomic E-state index is -0.367. The zero-order valence-electron chi connectivity index (χ0n) is 15.8. The number of esters is 1. The summed E-state index contributed by atoms with van der Waals surface area (Å²) in [5, 5.41) is 8.80. The molecule has 0 atom stereocenters. The molecule has 0 radical (unpaired) electrons. The predicted molar refractivity (Wildman–Crippen MR) is 109 cm³/mol. The third-order valence-corrected chi connectivity index (χ3v) is 3.94. The maximum absolute atomic E-state index is 10.9. The normalized spacial score (nSPS) is 9.54. The van der Waals surface area contributed by atoms with Crippen molar-refractivity contribution in [3.05, 3.63) is 77.9 Å². The summed E-state index contributed by atoms with van der Waals surface area (Å²) in [5.41, 5.74) is 2.41. The molecule has 0 saturated heterocycles. The minimum absolute atomic E-state index is 0.367. The Kier molecular flexibility index (Phi) is 8.91. The van der Waals surface area contributed by atoms with Gasteiger partial charge in [0.05, 0.1) is 24.8 Å². The van der Waals surface area contributed by atoms with Gasteiger partial charge < -0.3 is 9.47 Å². The number of ether oxygens (including phenoxy) is 2. The van der Waals surface area contributed by atoms with E-state index in [1.165, 1.54) is 6.08 Å². The van der Waals surface area contributed by atoms with Crippen molar-refractivity contribution < 1.29 is 14.3 Å². The van der Waals surface area contributed by atoms with E-state index >= 15 is 0 Å². The van der Waals surface area contributed by atoms with Gasteiger partial charge in [-0.25, -0.2) is 4.79 Å². The first kappa shape index (κ1) is 20.8. The highest BCUT2D eigenvalue weighted by atomic mass is 16.5. The fraction of sp³-hybridized carbons (Fsp3) is 0.250. The van der Waals surface area contributed by atoms with E-state index in [-0.39, 0.29) is 5.97 Å². The van der Waals surface area contributed by atoms with E-state index in [0.717, 1.165) is 42.6 Å². The molecule has 0 spiro atoms. The van der Waals surface area contributed by atoms with E-state index in [0.29, 0.717) is 18.8 Å². The second-order valence-electron chi connectivity index (χ2n) is 6.10. The van der Waals surface area contributed by atoms with Gasteiger partial charge in [-0.15, -0.1) is 0 Å². The average Bonchev–Trinajstić information content (AvgIpc) is 2.75. The minimum Gasteiger partial charge on any atom is -0.494 e. The molecule has 0 saturated carbocycles. The van der Waals surface area contributed by atoms with Crippen molar-refractivity contribution in [2.45, 2.75) is 25.7 Å². The number of unbranched alkanes of at least 4 members (excludes halogenated alkanes) is 3. The molecule has 0 aliphatic carbocycles. The van der Waals surface area contributed by atoms with Crippen molar-refractivity contribution in [3.63, 3.8) is 0 Å². The molecule has 0 fully saturated rings. The van der Waals surface area contributed by atoms with Gasteiger partial charge in [0.25, 0.3) is 0 Å². The maximum Gasteiger partial charge on any atom is 0.330 e. The molecule has 0 N–H and O–H groups in total. The molecule has 0 amide bonds. The van der Waals surface area contributed by atoms with Crippen LogP contribution >= 0.6 is 0 Å². The Morgan fingerprint density at radius 2 is 1.39 bits per heavy atom. The second-order valence-corrected chi connectivity index (χ2v) is 6.10. The number of hydrogen-bond donors (Lipinski definition) is 0. The molecule has 2 aromatic carbocycles. The number of nitriles is 1. The molecule has 4 heteroatoms. The van der Waals surface area contributed by atoms with E-state index in [4.69, 9.17) is 14.7 Å². The standard InChI is InChI=1S/C24H23NO3/c1-2-24(26)28-18-6-4-3-5-17-27-23-15-13-21(14-16-23)8-7-20-9-11-22(19-25)12-10-20/h2,9-16H,1,3-6,17-18H2. The van der Waals surface area contributed by atoms with Crippen LogP contribution in [-0.4, -0.2) is 19.2 Å². The molecule has 2 rings (SSSR count). The summed E-state index contributed by atoms with van der Waals surface area (Å²) in [6.07, 6.45) is 5.01. The molecular weight excluding hydrogens is 350 g/mol. The third kappa shape index (κ3) is 7.81. The molecule has 0 aromatic heterocycles. The van der Waals surface area contributed by atoms with E-state index in [2.05, 4.69) is 24.5 Å². The number of rotatable bonds is 9. The first-order valence-corrected chi connectivity index (χ1v) is 9.25. The quantitative estimate of drug-likeness (QED) is 0.278. The summed E-state index contributed by atoms with van der Waals surface area (Å²) in [6.45, 7) is 4.45. The van der Waals surface area contributed by atoms with Gasteiger partial charge in [0.2, 0.25) is 0 Å². The molecule has 0 unspecified atom stereocenters. The molecule has 0 aliphatic rings. The predicted octanol–water partition coefficient (Wildman–Crippen LogP) is 4.63. The lowest BCUT2D eigenvalue weighted by Crippen LogP contribution is -2.02. The Labute approximate surface area is 166 Å². The summed E-state index contributed by atoms with van der Waals surface area (Å²) in [7, 11) is 0. The lowest BCUT2D eigenvalue weighted by atomic mass is 10.1. The summed E-state index contributed by atoms with van der Waals surface area (Å²) >= 11 is 0. The summed E-state index contributed by atoms with van der Waals surface area (Å²) in [5.74, 6) is 6.64. The van der Waals surface area contributed by atoms with Crippen LogP contribution < -0.4 is 4.74 Å². The van der Waals surface area contributed by atoms with E-state index in [1.807, 2.05) is 36.4 Å². The monoisotopic (exact) mass is 373 g/mol. The highest BCUT2D eigenvalue weighted by molar-refractivity contribution is 5.81. The number of carbonyl (C=O) groups excluding carboxylic acids is 1. The van der Waals surface area contributed by atoms with Crippen molar-refractivity contribution in [2.75, 3.05) is 13.2 Å². The van der Waals surface area contributed by atoms with Gasteiger partial charge in [-0.3, -0.25) is 0 Å². The number of nitrogens with zero attached hydrogens (tertiary/aromatic N) is 1. The smallest absolute Gasteiger partial charge is 0.330 e. The van der Waals surface area contributed by atoms with Crippen molar-refractivity contribution in [1.82, 2.24) is 0 Å². The van der Waals surface area contributed by atoms with Crippen LogP contribution in [0, 0.1) is 23.2 Å². The van der Waals surface area contributed by atoms with Crippen LogP contribution in [0.25, 0.3) is 0 Å². The van der Waals surface area contributed by atoms with Crippen LogP contribution in [0.4, 0.5) is 0 Å². The molecule has 2 aromatic rings. The maximum atomic E-state index is 10.9. The summed E-state index contributed by atoms with van der Waals surface area (Å²) < 4.78 is 10.7. The molecule has 0 bridgehead atoms. The lowest BCUT2D eigenvalue weighted by molar-refractivity contribution is -0.137. The SMILES string of the molecule is C=CC(=O)OCCCCCCOc1ccc(C#Cc2ccc(C#N)cc2)cc1. The van der Waals surface area contributed by atoms with Crippen molar-refractivity contribution in [2.24, 2.45) is 0 Å².